The monoisotopic (exact) mass is 335 g/mol. The van der Waals surface area contributed by atoms with Gasteiger partial charge in [0.05, 0.1) is 10.9 Å². The molecule has 3 N–H and O–H groups in total. The van der Waals surface area contributed by atoms with Crippen molar-refractivity contribution in [3.8, 4) is 0 Å². The maximum absolute atomic E-state index is 11.7. The summed E-state index contributed by atoms with van der Waals surface area (Å²) in [6.07, 6.45) is 0.739. The highest BCUT2D eigenvalue weighted by Crippen LogP contribution is 2.09. The Bertz CT molecular complexity index is 422. The largest absolute Gasteiger partial charge is 0.355 e. The van der Waals surface area contributed by atoms with E-state index in [1.54, 1.807) is 17.8 Å². The number of hydrogen-bond donors (Lipinski definition) is 3. The number of amides is 2. The minimum Gasteiger partial charge on any atom is -0.355 e. The molecule has 1 unspecified atom stereocenters. The average molecular weight is 336 g/mol. The van der Waals surface area contributed by atoms with Crippen LogP contribution in [0.15, 0.2) is 17.5 Å². The summed E-state index contributed by atoms with van der Waals surface area (Å²) in [7, 11) is 0. The van der Waals surface area contributed by atoms with Gasteiger partial charge in [0, 0.05) is 24.7 Å². The molecule has 20 heavy (non-hydrogen) atoms. The number of hydrogen-bond acceptors (Lipinski definition) is 5. The zero-order chi connectivity index (χ0) is 13.5. The summed E-state index contributed by atoms with van der Waals surface area (Å²) in [6.45, 7) is 1.16. The second-order valence-electron chi connectivity index (χ2n) is 4.15. The third-order valence-corrected chi connectivity index (χ3v) is 4.52. The van der Waals surface area contributed by atoms with Crippen LogP contribution in [0, 0.1) is 0 Å². The highest BCUT2D eigenvalue weighted by Gasteiger charge is 2.21. The number of rotatable bonds is 6. The molecule has 5 nitrogen and oxygen atoms in total. The van der Waals surface area contributed by atoms with E-state index in [1.165, 1.54) is 11.3 Å². The third kappa shape index (κ3) is 5.32. The molecule has 1 fully saturated rings. The maximum Gasteiger partial charge on any atom is 0.261 e. The van der Waals surface area contributed by atoms with Gasteiger partial charge in [-0.1, -0.05) is 6.07 Å². The molecule has 1 atom stereocenters. The molecule has 1 aromatic rings. The van der Waals surface area contributed by atoms with Crippen LogP contribution in [-0.4, -0.2) is 42.6 Å². The van der Waals surface area contributed by atoms with E-state index in [1.807, 2.05) is 11.4 Å². The van der Waals surface area contributed by atoms with E-state index in [0.717, 1.165) is 22.9 Å². The van der Waals surface area contributed by atoms with Gasteiger partial charge in [0.25, 0.3) is 5.91 Å². The van der Waals surface area contributed by atoms with Crippen LogP contribution in [0.1, 0.15) is 16.1 Å². The summed E-state index contributed by atoms with van der Waals surface area (Å²) in [5, 5.41) is 10.7. The summed E-state index contributed by atoms with van der Waals surface area (Å²) < 4.78 is 0. The van der Waals surface area contributed by atoms with Crippen LogP contribution in [0.5, 0.6) is 0 Å². The zero-order valence-electron chi connectivity index (χ0n) is 10.9. The molecule has 0 saturated carbocycles. The van der Waals surface area contributed by atoms with Crippen LogP contribution >= 0.6 is 35.5 Å². The van der Waals surface area contributed by atoms with Crippen molar-refractivity contribution in [3.05, 3.63) is 22.4 Å². The number of thiophene rings is 1. The smallest absolute Gasteiger partial charge is 0.261 e. The number of nitrogens with one attached hydrogen (secondary N) is 3. The Labute approximate surface area is 132 Å². The zero-order valence-corrected chi connectivity index (χ0v) is 13.3. The molecule has 1 aliphatic heterocycles. The van der Waals surface area contributed by atoms with Gasteiger partial charge in [-0.05, 0) is 17.9 Å². The molecular formula is C12H18ClN3O2S2. The van der Waals surface area contributed by atoms with Crippen molar-refractivity contribution in [2.24, 2.45) is 0 Å². The van der Waals surface area contributed by atoms with Crippen LogP contribution in [0.3, 0.4) is 0 Å². The minimum absolute atomic E-state index is 0. The van der Waals surface area contributed by atoms with Crippen molar-refractivity contribution in [3.63, 3.8) is 0 Å². The molecule has 1 aliphatic rings. The van der Waals surface area contributed by atoms with Crippen molar-refractivity contribution >= 4 is 47.3 Å². The molecule has 2 heterocycles. The first kappa shape index (κ1) is 17.3. The van der Waals surface area contributed by atoms with Gasteiger partial charge in [0.1, 0.15) is 0 Å². The van der Waals surface area contributed by atoms with E-state index < -0.39 is 0 Å². The molecule has 0 spiro atoms. The SMILES string of the molecule is Cl.O=C(NCCCNC(=O)C1CSCN1)c1cccs1. The lowest BCUT2D eigenvalue weighted by molar-refractivity contribution is -0.122. The van der Waals surface area contributed by atoms with Crippen LogP contribution in [0.4, 0.5) is 0 Å². The van der Waals surface area contributed by atoms with Crippen molar-refractivity contribution in [1.29, 1.82) is 0 Å². The molecule has 0 bridgehead atoms. The highest BCUT2D eigenvalue weighted by atomic mass is 35.5. The normalized spacial score (nSPS) is 17.3. The third-order valence-electron chi connectivity index (χ3n) is 2.72. The molecule has 0 aromatic carbocycles. The summed E-state index contributed by atoms with van der Waals surface area (Å²) in [5.74, 6) is 1.68. The maximum atomic E-state index is 11.7. The van der Waals surface area contributed by atoms with Gasteiger partial charge >= 0.3 is 0 Å². The van der Waals surface area contributed by atoms with Gasteiger partial charge in [-0.2, -0.15) is 0 Å². The first-order valence-corrected chi connectivity index (χ1v) is 8.21. The number of carbonyl (C=O) groups excluding carboxylic acids is 2. The second kappa shape index (κ2) is 9.23. The molecule has 8 heteroatoms. The van der Waals surface area contributed by atoms with E-state index >= 15 is 0 Å². The Balaban J connectivity index is 0.00000200. The Morgan fingerprint density at radius 2 is 2.15 bits per heavy atom. The Kier molecular flexibility index (Phi) is 7.98. The van der Waals surface area contributed by atoms with Gasteiger partial charge < -0.3 is 10.6 Å². The summed E-state index contributed by atoms with van der Waals surface area (Å²) in [4.78, 5) is 24.0. The summed E-state index contributed by atoms with van der Waals surface area (Å²) in [6, 6.07) is 3.59. The molecule has 2 rings (SSSR count). The molecule has 2 amide bonds. The van der Waals surface area contributed by atoms with Crippen LogP contribution in [0.25, 0.3) is 0 Å². The lowest BCUT2D eigenvalue weighted by Gasteiger charge is -2.10. The van der Waals surface area contributed by atoms with Gasteiger partial charge in [-0.3, -0.25) is 14.9 Å². The first-order valence-electron chi connectivity index (χ1n) is 6.18. The van der Waals surface area contributed by atoms with Gasteiger partial charge in [-0.25, -0.2) is 0 Å². The van der Waals surface area contributed by atoms with Crippen molar-refractivity contribution in [2.75, 3.05) is 24.7 Å². The van der Waals surface area contributed by atoms with Crippen molar-refractivity contribution < 1.29 is 9.59 Å². The fourth-order valence-corrected chi connectivity index (χ4v) is 3.27. The summed E-state index contributed by atoms with van der Waals surface area (Å²) in [5.41, 5.74) is 0. The van der Waals surface area contributed by atoms with E-state index in [9.17, 15) is 9.59 Å². The van der Waals surface area contributed by atoms with Crippen molar-refractivity contribution in [2.45, 2.75) is 12.5 Å². The fourth-order valence-electron chi connectivity index (χ4n) is 1.68. The first-order chi connectivity index (χ1) is 9.27. The Morgan fingerprint density at radius 3 is 2.80 bits per heavy atom. The topological polar surface area (TPSA) is 70.2 Å². The van der Waals surface area contributed by atoms with Gasteiger partial charge in [0.15, 0.2) is 0 Å². The number of thioether (sulfide) groups is 1. The Hall–Kier alpha value is -0.760. The van der Waals surface area contributed by atoms with E-state index in [0.29, 0.717) is 13.1 Å². The molecule has 1 aromatic heterocycles. The Morgan fingerprint density at radius 1 is 1.35 bits per heavy atom. The lowest BCUT2D eigenvalue weighted by Crippen LogP contribution is -2.42. The number of carbonyl (C=O) groups is 2. The standard InChI is InChI=1S/C12H17N3O2S2.ClH/c16-11(9-7-18-8-15-9)13-4-2-5-14-12(17)10-3-1-6-19-10;/h1,3,6,9,15H,2,4-5,7-8H2,(H,13,16)(H,14,17);1H. The molecule has 0 aliphatic carbocycles. The van der Waals surface area contributed by atoms with E-state index in [2.05, 4.69) is 16.0 Å². The summed E-state index contributed by atoms with van der Waals surface area (Å²) >= 11 is 3.15. The molecular weight excluding hydrogens is 318 g/mol. The highest BCUT2D eigenvalue weighted by molar-refractivity contribution is 7.99. The quantitative estimate of drug-likeness (QED) is 0.680. The van der Waals surface area contributed by atoms with Gasteiger partial charge in [0.2, 0.25) is 5.91 Å². The lowest BCUT2D eigenvalue weighted by atomic mass is 10.3. The molecule has 112 valence electrons. The minimum atomic E-state index is -0.0642. The van der Waals surface area contributed by atoms with E-state index in [4.69, 9.17) is 0 Å². The predicted octanol–water partition coefficient (Wildman–Crippen LogP) is 1.07. The van der Waals surface area contributed by atoms with Gasteiger partial charge in [-0.15, -0.1) is 35.5 Å². The van der Waals surface area contributed by atoms with Crippen LogP contribution in [-0.2, 0) is 4.79 Å². The number of halogens is 1. The average Bonchev–Trinajstić information content (AvgIpc) is 3.10. The van der Waals surface area contributed by atoms with E-state index in [-0.39, 0.29) is 30.3 Å². The van der Waals surface area contributed by atoms with Crippen molar-refractivity contribution in [1.82, 2.24) is 16.0 Å². The van der Waals surface area contributed by atoms with Crippen LogP contribution in [0.2, 0.25) is 0 Å². The second-order valence-corrected chi connectivity index (χ2v) is 6.13. The fraction of sp³-hybridized carbons (Fsp3) is 0.500. The molecule has 1 saturated heterocycles. The van der Waals surface area contributed by atoms with Crippen LogP contribution < -0.4 is 16.0 Å². The molecule has 0 radical (unpaired) electrons. The predicted molar refractivity (Wildman–Crippen MR) is 85.8 cm³/mol.